The van der Waals surface area contributed by atoms with Gasteiger partial charge in [-0.2, -0.15) is 0 Å². The number of pyridine rings is 1. The second-order valence-electron chi connectivity index (χ2n) is 5.77. The van der Waals surface area contributed by atoms with E-state index in [0.29, 0.717) is 17.0 Å². The Morgan fingerprint density at radius 1 is 0.926 bits per heavy atom. The number of rotatable bonds is 5. The summed E-state index contributed by atoms with van der Waals surface area (Å²) in [5.74, 6) is -0.223. The quantitative estimate of drug-likeness (QED) is 0.673. The first-order chi connectivity index (χ1) is 12.9. The van der Waals surface area contributed by atoms with Crippen molar-refractivity contribution in [1.82, 2.24) is 10.1 Å². The third kappa shape index (κ3) is 4.43. The molecule has 0 aliphatic rings. The van der Waals surface area contributed by atoms with Gasteiger partial charge in [-0.1, -0.05) is 11.2 Å². The Morgan fingerprint density at radius 3 is 2.11 bits per heavy atom. The van der Waals surface area contributed by atoms with E-state index < -0.39 is 11.8 Å². The van der Waals surface area contributed by atoms with Gasteiger partial charge in [0.25, 0.3) is 11.8 Å². The molecule has 0 atom stereocenters. The first kappa shape index (κ1) is 18.0. The predicted octanol–water partition coefficient (Wildman–Crippen LogP) is 3.09. The molecule has 0 saturated carbocycles. The van der Waals surface area contributed by atoms with Gasteiger partial charge in [0.1, 0.15) is 17.1 Å². The van der Waals surface area contributed by atoms with Gasteiger partial charge in [-0.05, 0) is 50.2 Å². The molecule has 8 heteroatoms. The van der Waals surface area contributed by atoms with E-state index in [1.165, 1.54) is 19.1 Å². The zero-order valence-electron chi connectivity index (χ0n) is 14.6. The molecule has 2 amide bonds. The zero-order chi connectivity index (χ0) is 19.4. The second kappa shape index (κ2) is 7.61. The third-order valence-electron chi connectivity index (χ3n) is 3.63. The summed E-state index contributed by atoms with van der Waals surface area (Å²) in [5.41, 5.74) is 1.21. The largest absolute Gasteiger partial charge is 0.360 e. The summed E-state index contributed by atoms with van der Waals surface area (Å²) >= 11 is 0. The lowest BCUT2D eigenvalue weighted by atomic mass is 10.1. The number of hydrogen-bond donors (Lipinski definition) is 2. The minimum Gasteiger partial charge on any atom is -0.360 e. The first-order valence-corrected chi connectivity index (χ1v) is 8.06. The van der Waals surface area contributed by atoms with Crippen LogP contribution < -0.4 is 10.6 Å². The minimum atomic E-state index is -0.510. The van der Waals surface area contributed by atoms with E-state index >= 15 is 0 Å². The van der Waals surface area contributed by atoms with Crippen LogP contribution in [0.2, 0.25) is 0 Å². The highest BCUT2D eigenvalue weighted by atomic mass is 16.5. The number of aromatic nitrogens is 2. The summed E-state index contributed by atoms with van der Waals surface area (Å²) in [6, 6.07) is 12.6. The summed E-state index contributed by atoms with van der Waals surface area (Å²) in [4.78, 5) is 40.0. The molecular formula is C19H16N4O4. The Morgan fingerprint density at radius 2 is 1.56 bits per heavy atom. The average Bonchev–Trinajstić information content (AvgIpc) is 3.07. The Kier molecular flexibility index (Phi) is 5.07. The van der Waals surface area contributed by atoms with Crippen LogP contribution >= 0.6 is 0 Å². The van der Waals surface area contributed by atoms with E-state index in [-0.39, 0.29) is 23.0 Å². The molecule has 0 radical (unpaired) electrons. The molecular weight excluding hydrogens is 348 g/mol. The molecule has 3 aromatic rings. The molecule has 0 spiro atoms. The van der Waals surface area contributed by atoms with Gasteiger partial charge in [0.2, 0.25) is 0 Å². The number of Topliss-reactive ketones (excluding diaryl/α,β-unsaturated/α-hetero) is 1. The molecule has 2 heterocycles. The van der Waals surface area contributed by atoms with Gasteiger partial charge in [-0.15, -0.1) is 0 Å². The van der Waals surface area contributed by atoms with Crippen LogP contribution in [0.15, 0.2) is 53.1 Å². The molecule has 0 aliphatic heterocycles. The fourth-order valence-electron chi connectivity index (χ4n) is 2.28. The lowest BCUT2D eigenvalue weighted by molar-refractivity contribution is 0.100. The van der Waals surface area contributed by atoms with Gasteiger partial charge < -0.3 is 15.2 Å². The average molecular weight is 364 g/mol. The van der Waals surface area contributed by atoms with Crippen LogP contribution in [0.1, 0.15) is 44.0 Å². The monoisotopic (exact) mass is 364 g/mol. The molecule has 0 unspecified atom stereocenters. The number of benzene rings is 1. The van der Waals surface area contributed by atoms with E-state index in [0.717, 1.165) is 0 Å². The minimum absolute atomic E-state index is 0.0597. The van der Waals surface area contributed by atoms with Crippen LogP contribution in [0.25, 0.3) is 0 Å². The van der Waals surface area contributed by atoms with E-state index in [9.17, 15) is 14.4 Å². The highest BCUT2D eigenvalue weighted by Gasteiger charge is 2.14. The molecule has 0 fully saturated rings. The van der Waals surface area contributed by atoms with Crippen molar-refractivity contribution in [3.05, 3.63) is 71.2 Å². The summed E-state index contributed by atoms with van der Waals surface area (Å²) in [7, 11) is 0. The van der Waals surface area contributed by atoms with E-state index in [4.69, 9.17) is 4.52 Å². The molecule has 0 aliphatic carbocycles. The van der Waals surface area contributed by atoms with Crippen LogP contribution in [-0.2, 0) is 0 Å². The summed E-state index contributed by atoms with van der Waals surface area (Å²) in [6.45, 7) is 3.17. The lowest BCUT2D eigenvalue weighted by Crippen LogP contribution is -2.18. The summed E-state index contributed by atoms with van der Waals surface area (Å²) in [6.07, 6.45) is 0. The summed E-state index contributed by atoms with van der Waals surface area (Å²) < 4.78 is 4.88. The van der Waals surface area contributed by atoms with E-state index in [2.05, 4.69) is 20.8 Å². The van der Waals surface area contributed by atoms with Crippen LogP contribution in [-0.4, -0.2) is 27.7 Å². The Labute approximate surface area is 154 Å². The fraction of sp³-hybridized carbons (Fsp3) is 0.105. The Balaban J connectivity index is 1.71. The molecule has 1 aromatic carbocycles. The number of aryl methyl sites for hydroxylation is 1. The molecule has 27 heavy (non-hydrogen) atoms. The van der Waals surface area contributed by atoms with Crippen molar-refractivity contribution in [2.45, 2.75) is 13.8 Å². The lowest BCUT2D eigenvalue weighted by Gasteiger charge is -2.07. The Bertz CT molecular complexity index is 1010. The number of carbonyl (C=O) groups is 3. The maximum absolute atomic E-state index is 12.4. The van der Waals surface area contributed by atoms with Crippen molar-refractivity contribution in [2.24, 2.45) is 0 Å². The van der Waals surface area contributed by atoms with Gasteiger partial charge in [0.15, 0.2) is 11.6 Å². The molecule has 2 N–H and O–H groups in total. The van der Waals surface area contributed by atoms with Gasteiger partial charge in [-0.3, -0.25) is 14.4 Å². The van der Waals surface area contributed by atoms with Crippen molar-refractivity contribution in [2.75, 3.05) is 10.6 Å². The van der Waals surface area contributed by atoms with Crippen molar-refractivity contribution in [3.63, 3.8) is 0 Å². The SMILES string of the molecule is CC(=O)c1ccc(NC(=O)c2cccc(C(=O)Nc3cc(C)on3)n2)cc1. The molecule has 2 aromatic heterocycles. The highest BCUT2D eigenvalue weighted by molar-refractivity contribution is 6.06. The van der Waals surface area contributed by atoms with Crippen molar-refractivity contribution < 1.29 is 18.9 Å². The maximum atomic E-state index is 12.4. The van der Waals surface area contributed by atoms with E-state index in [1.807, 2.05) is 0 Å². The molecule has 3 rings (SSSR count). The standard InChI is InChI=1S/C19H16N4O4/c1-11-10-17(23-27-11)22-19(26)16-5-3-4-15(21-16)18(25)20-14-8-6-13(7-9-14)12(2)24/h3-10H,1-2H3,(H,20,25)(H,22,23,26). The smallest absolute Gasteiger partial charge is 0.275 e. The van der Waals surface area contributed by atoms with Crippen LogP contribution in [0.4, 0.5) is 11.5 Å². The third-order valence-corrected chi connectivity index (χ3v) is 3.63. The van der Waals surface area contributed by atoms with Crippen LogP contribution in [0.5, 0.6) is 0 Å². The Hall–Kier alpha value is -3.81. The number of nitrogens with one attached hydrogen (secondary N) is 2. The predicted molar refractivity (Wildman–Crippen MR) is 97.8 cm³/mol. The van der Waals surface area contributed by atoms with Gasteiger partial charge in [0.05, 0.1) is 0 Å². The van der Waals surface area contributed by atoms with Crippen LogP contribution in [0.3, 0.4) is 0 Å². The van der Waals surface area contributed by atoms with Gasteiger partial charge >= 0.3 is 0 Å². The number of nitrogens with zero attached hydrogens (tertiary/aromatic N) is 2. The van der Waals surface area contributed by atoms with Crippen LogP contribution in [0, 0.1) is 6.92 Å². The highest BCUT2D eigenvalue weighted by Crippen LogP contribution is 2.12. The molecule has 0 bridgehead atoms. The summed E-state index contributed by atoms with van der Waals surface area (Å²) in [5, 5.41) is 8.89. The normalized spacial score (nSPS) is 10.3. The second-order valence-corrected chi connectivity index (χ2v) is 5.77. The fourth-order valence-corrected chi connectivity index (χ4v) is 2.28. The maximum Gasteiger partial charge on any atom is 0.275 e. The first-order valence-electron chi connectivity index (χ1n) is 8.06. The molecule has 0 saturated heterocycles. The van der Waals surface area contributed by atoms with Crippen molar-refractivity contribution >= 4 is 29.1 Å². The van der Waals surface area contributed by atoms with Crippen molar-refractivity contribution in [3.8, 4) is 0 Å². The van der Waals surface area contributed by atoms with Gasteiger partial charge in [-0.25, -0.2) is 4.98 Å². The van der Waals surface area contributed by atoms with E-state index in [1.54, 1.807) is 43.3 Å². The zero-order valence-corrected chi connectivity index (χ0v) is 14.6. The van der Waals surface area contributed by atoms with Gasteiger partial charge in [0, 0.05) is 17.3 Å². The van der Waals surface area contributed by atoms with Crippen molar-refractivity contribution in [1.29, 1.82) is 0 Å². The number of ketones is 1. The molecule has 136 valence electrons. The molecule has 8 nitrogen and oxygen atoms in total. The number of amides is 2. The number of hydrogen-bond acceptors (Lipinski definition) is 6. The topological polar surface area (TPSA) is 114 Å². The number of carbonyl (C=O) groups excluding carboxylic acids is 3. The number of anilines is 2.